The maximum absolute atomic E-state index is 10.1. The quantitative estimate of drug-likeness (QED) is 0.118. The number of carboxylic acids is 1. The average Bonchev–Trinajstić information content (AvgIpc) is 2.82. The van der Waals surface area contributed by atoms with Crippen LogP contribution in [-0.2, 0) is 4.79 Å². The monoisotopic (exact) mass is 512 g/mol. The molecule has 0 aromatic rings. The summed E-state index contributed by atoms with van der Waals surface area (Å²) in [6.07, 6.45) is 34.3. The number of carbonyl (C=O) groups is 1. The molecule has 36 heavy (non-hydrogen) atoms. The largest absolute Gasteiger partial charge is 0.550 e. The molecule has 0 rings (SSSR count). The van der Waals surface area contributed by atoms with Gasteiger partial charge < -0.3 is 15.6 Å². The molecule has 0 spiro atoms. The zero-order valence-electron chi connectivity index (χ0n) is 25.6. The first-order valence-corrected chi connectivity index (χ1v) is 16.3. The van der Waals surface area contributed by atoms with E-state index in [-0.39, 0.29) is 6.42 Å². The number of hydrogen-bond donors (Lipinski definition) is 1. The van der Waals surface area contributed by atoms with Crippen LogP contribution in [0.15, 0.2) is 0 Å². The molecule has 0 bridgehead atoms. The molecular formula is C33H69NO2. The van der Waals surface area contributed by atoms with Gasteiger partial charge in [0.05, 0.1) is 6.54 Å². The van der Waals surface area contributed by atoms with E-state index in [1.807, 2.05) is 0 Å². The van der Waals surface area contributed by atoms with Gasteiger partial charge in [0.15, 0.2) is 0 Å². The molecule has 0 atom stereocenters. The zero-order valence-corrected chi connectivity index (χ0v) is 25.6. The van der Waals surface area contributed by atoms with Crippen molar-refractivity contribution in [3.63, 3.8) is 0 Å². The van der Waals surface area contributed by atoms with Crippen LogP contribution in [0.1, 0.15) is 195 Å². The van der Waals surface area contributed by atoms with Crippen LogP contribution in [0.5, 0.6) is 0 Å². The molecule has 0 amide bonds. The molecule has 0 saturated heterocycles. The topological polar surface area (TPSA) is 67.8 Å². The molecule has 3 heteroatoms. The summed E-state index contributed by atoms with van der Waals surface area (Å²) in [4.78, 5) is 10.1. The van der Waals surface area contributed by atoms with Crippen molar-refractivity contribution in [3.05, 3.63) is 0 Å². The third-order valence-corrected chi connectivity index (χ3v) is 7.16. The molecule has 0 heterocycles. The van der Waals surface area contributed by atoms with Gasteiger partial charge in [0, 0.05) is 5.97 Å². The Hall–Kier alpha value is -0.570. The predicted octanol–water partition coefficient (Wildman–Crippen LogP) is 9.17. The Bertz CT molecular complexity index is 416. The van der Waals surface area contributed by atoms with Crippen LogP contribution in [0.2, 0.25) is 0 Å². The highest BCUT2D eigenvalue weighted by Crippen LogP contribution is 2.22. The van der Waals surface area contributed by atoms with Gasteiger partial charge in [-0.2, -0.15) is 0 Å². The Kier molecular flexibility index (Phi) is 32.0. The maximum atomic E-state index is 10.1. The fourth-order valence-electron chi connectivity index (χ4n) is 4.71. The molecule has 0 aliphatic carbocycles. The third-order valence-electron chi connectivity index (χ3n) is 7.16. The van der Waals surface area contributed by atoms with Gasteiger partial charge in [-0.15, -0.1) is 0 Å². The molecule has 0 aromatic carbocycles. The highest BCUT2D eigenvalue weighted by Gasteiger charge is 2.08. The van der Waals surface area contributed by atoms with Crippen LogP contribution in [0.3, 0.4) is 0 Å². The van der Waals surface area contributed by atoms with Crippen molar-refractivity contribution in [3.8, 4) is 0 Å². The molecular weight excluding hydrogens is 442 g/mol. The van der Waals surface area contributed by atoms with Gasteiger partial charge in [0.2, 0.25) is 0 Å². The van der Waals surface area contributed by atoms with Crippen LogP contribution in [0.25, 0.3) is 0 Å². The number of unbranched alkanes of at least 4 members (excludes halogenated alkanes) is 22. The highest BCUT2D eigenvalue weighted by molar-refractivity contribution is 5.64. The smallest absolute Gasteiger partial charge is 0.0739 e. The predicted molar refractivity (Wildman–Crippen MR) is 158 cm³/mol. The van der Waals surface area contributed by atoms with E-state index < -0.39 is 5.97 Å². The van der Waals surface area contributed by atoms with E-state index in [1.165, 1.54) is 148 Å². The second-order valence-electron chi connectivity index (χ2n) is 12.4. The van der Waals surface area contributed by atoms with Crippen molar-refractivity contribution in [2.75, 3.05) is 6.54 Å². The Balaban J connectivity index is 0. The van der Waals surface area contributed by atoms with E-state index in [2.05, 4.69) is 33.4 Å². The maximum Gasteiger partial charge on any atom is 0.0739 e. The van der Waals surface area contributed by atoms with Crippen LogP contribution >= 0.6 is 0 Å². The summed E-state index contributed by atoms with van der Waals surface area (Å²) in [7, 11) is 0. The van der Waals surface area contributed by atoms with Crippen molar-refractivity contribution in [1.82, 2.24) is 0 Å². The Morgan fingerprint density at radius 3 is 1.14 bits per heavy atom. The second-order valence-corrected chi connectivity index (χ2v) is 12.4. The summed E-state index contributed by atoms with van der Waals surface area (Å²) in [5.41, 5.74) is 4.43. The van der Waals surface area contributed by atoms with E-state index >= 15 is 0 Å². The summed E-state index contributed by atoms with van der Waals surface area (Å²) < 4.78 is 0. The lowest BCUT2D eigenvalue weighted by atomic mass is 9.89. The van der Waals surface area contributed by atoms with E-state index in [0.717, 1.165) is 19.4 Å². The van der Waals surface area contributed by atoms with Gasteiger partial charge >= 0.3 is 0 Å². The summed E-state index contributed by atoms with van der Waals surface area (Å²) >= 11 is 0. The van der Waals surface area contributed by atoms with Crippen molar-refractivity contribution in [1.29, 1.82) is 0 Å². The Morgan fingerprint density at radius 2 is 0.833 bits per heavy atom. The van der Waals surface area contributed by atoms with E-state index in [1.54, 1.807) is 0 Å². The van der Waals surface area contributed by atoms with Crippen molar-refractivity contribution in [2.45, 2.75) is 195 Å². The lowest BCUT2D eigenvalue weighted by molar-refractivity contribution is -0.368. The molecule has 0 aliphatic rings. The van der Waals surface area contributed by atoms with Gasteiger partial charge in [-0.3, -0.25) is 0 Å². The molecule has 3 nitrogen and oxygen atoms in total. The molecule has 0 aromatic heterocycles. The fourth-order valence-corrected chi connectivity index (χ4v) is 4.71. The minimum absolute atomic E-state index is 0.232. The zero-order chi connectivity index (χ0) is 27.2. The normalized spacial score (nSPS) is 11.4. The first-order valence-electron chi connectivity index (χ1n) is 16.3. The number of rotatable bonds is 26. The standard InChI is InChI=1S/C21H45N.C12H24O2/c1-21(2,3)19-17-15-13-11-9-7-5-4-6-8-10-12-14-16-18-20-22;1-2-3-4-5-6-7-8-9-10-11-12(13)14/h4-20,22H2,1-3H3;2-11H2,1H3,(H,13,14). The minimum atomic E-state index is -0.909. The first-order chi connectivity index (χ1) is 17.3. The van der Waals surface area contributed by atoms with E-state index in [0.29, 0.717) is 5.41 Å². The highest BCUT2D eigenvalue weighted by atomic mass is 16.4. The van der Waals surface area contributed by atoms with Gasteiger partial charge in [0.1, 0.15) is 0 Å². The van der Waals surface area contributed by atoms with Crippen molar-refractivity contribution >= 4 is 5.97 Å². The van der Waals surface area contributed by atoms with Crippen LogP contribution in [0.4, 0.5) is 0 Å². The SMILES string of the molecule is CC(C)(C)CCCCCCCCCCCCCCCCC[NH3+].CCCCCCCCCCCC(=O)[O-]. The van der Waals surface area contributed by atoms with Crippen molar-refractivity contribution < 1.29 is 15.6 Å². The number of quaternary nitrogens is 1. The first kappa shape index (κ1) is 37.6. The average molecular weight is 512 g/mol. The summed E-state index contributed by atoms with van der Waals surface area (Å²) in [5.74, 6) is -0.909. The van der Waals surface area contributed by atoms with Gasteiger partial charge in [0.25, 0.3) is 0 Å². The molecule has 0 aliphatic heterocycles. The van der Waals surface area contributed by atoms with Crippen LogP contribution in [-0.4, -0.2) is 12.5 Å². The third kappa shape index (κ3) is 40.6. The number of aliphatic carboxylic acids is 1. The summed E-state index contributed by atoms with van der Waals surface area (Å²) in [6.45, 7) is 10.4. The van der Waals surface area contributed by atoms with Crippen LogP contribution < -0.4 is 10.8 Å². The minimum Gasteiger partial charge on any atom is -0.550 e. The summed E-state index contributed by atoms with van der Waals surface area (Å²) in [5, 5.41) is 10.1. The molecule has 3 N–H and O–H groups in total. The van der Waals surface area contributed by atoms with Crippen LogP contribution in [0, 0.1) is 5.41 Å². The van der Waals surface area contributed by atoms with E-state index in [4.69, 9.17) is 0 Å². The van der Waals surface area contributed by atoms with Crippen molar-refractivity contribution in [2.24, 2.45) is 5.41 Å². The van der Waals surface area contributed by atoms with Gasteiger partial charge in [-0.1, -0.05) is 163 Å². The molecule has 0 radical (unpaired) electrons. The lowest BCUT2D eigenvalue weighted by Gasteiger charge is -2.17. The fraction of sp³-hybridized carbons (Fsp3) is 0.970. The van der Waals surface area contributed by atoms with Gasteiger partial charge in [-0.25, -0.2) is 0 Å². The second kappa shape index (κ2) is 30.7. The number of carboxylic acid groups (broad SMARTS) is 1. The number of hydrogen-bond acceptors (Lipinski definition) is 2. The van der Waals surface area contributed by atoms with E-state index in [9.17, 15) is 9.90 Å². The van der Waals surface area contributed by atoms with Gasteiger partial charge in [-0.05, 0) is 37.5 Å². The molecule has 0 fully saturated rings. The summed E-state index contributed by atoms with van der Waals surface area (Å²) in [6, 6.07) is 0. The number of carbonyl (C=O) groups excluding carboxylic acids is 1. The molecule has 0 saturated carbocycles. The molecule has 218 valence electrons. The Labute approximate surface area is 228 Å². The Morgan fingerprint density at radius 1 is 0.528 bits per heavy atom. The molecule has 0 unspecified atom stereocenters. The lowest BCUT2D eigenvalue weighted by Crippen LogP contribution is -2.50.